The lowest BCUT2D eigenvalue weighted by Gasteiger charge is -2.31. The second-order valence-corrected chi connectivity index (χ2v) is 9.35. The van der Waals surface area contributed by atoms with Crippen molar-refractivity contribution in [1.82, 2.24) is 15.1 Å². The lowest BCUT2D eigenvalue weighted by atomic mass is 10.00. The molecule has 138 valence electrons. The van der Waals surface area contributed by atoms with Gasteiger partial charge in [0, 0.05) is 25.7 Å². The first kappa shape index (κ1) is 18.1. The summed E-state index contributed by atoms with van der Waals surface area (Å²) in [5, 5.41) is 8.33. The molecule has 2 unspecified atom stereocenters. The Morgan fingerprint density at radius 1 is 1.32 bits per heavy atom. The highest BCUT2D eigenvalue weighted by atomic mass is 32.2. The zero-order valence-electron chi connectivity index (χ0n) is 14.9. The lowest BCUT2D eigenvalue weighted by Crippen LogP contribution is -2.40. The number of anilines is 1. The fraction of sp³-hybridized carbons (Fsp3) is 0.706. The second-order valence-electron chi connectivity index (χ2n) is 7.12. The van der Waals surface area contributed by atoms with E-state index >= 15 is 0 Å². The van der Waals surface area contributed by atoms with E-state index in [4.69, 9.17) is 0 Å². The molecule has 25 heavy (non-hydrogen) atoms. The third-order valence-electron chi connectivity index (χ3n) is 5.10. The van der Waals surface area contributed by atoms with Crippen LogP contribution >= 0.6 is 0 Å². The van der Waals surface area contributed by atoms with E-state index in [1.54, 1.807) is 12.1 Å². The summed E-state index contributed by atoms with van der Waals surface area (Å²) in [6.07, 6.45) is 2.80. The van der Waals surface area contributed by atoms with Crippen LogP contribution in [0.4, 0.5) is 5.82 Å². The number of carbonyl (C=O) groups excluding carboxylic acids is 1. The second kappa shape index (κ2) is 7.27. The highest BCUT2D eigenvalue weighted by Crippen LogP contribution is 2.23. The van der Waals surface area contributed by atoms with Crippen LogP contribution in [0.5, 0.6) is 0 Å². The van der Waals surface area contributed by atoms with Crippen LogP contribution < -0.4 is 4.90 Å². The van der Waals surface area contributed by atoms with Crippen LogP contribution in [0.15, 0.2) is 12.1 Å². The number of piperidine rings is 1. The van der Waals surface area contributed by atoms with E-state index in [0.29, 0.717) is 30.4 Å². The number of aromatic nitrogens is 2. The van der Waals surface area contributed by atoms with Gasteiger partial charge in [-0.05, 0) is 44.2 Å². The molecule has 0 aliphatic carbocycles. The molecular formula is C17H26N4O3S. The maximum absolute atomic E-state index is 12.6. The minimum Gasteiger partial charge on any atom is -0.351 e. The van der Waals surface area contributed by atoms with Gasteiger partial charge < -0.3 is 9.80 Å². The average Bonchev–Trinajstić information content (AvgIpc) is 2.95. The zero-order valence-corrected chi connectivity index (χ0v) is 15.7. The van der Waals surface area contributed by atoms with Crippen LogP contribution in [-0.2, 0) is 9.84 Å². The van der Waals surface area contributed by atoms with Gasteiger partial charge in [0.25, 0.3) is 5.91 Å². The highest BCUT2D eigenvalue weighted by molar-refractivity contribution is 7.91. The fourth-order valence-electron chi connectivity index (χ4n) is 3.76. The normalized spacial score (nSPS) is 25.8. The molecule has 8 heteroatoms. The number of hydrogen-bond acceptors (Lipinski definition) is 6. The van der Waals surface area contributed by atoms with Crippen molar-refractivity contribution in [3.8, 4) is 0 Å². The van der Waals surface area contributed by atoms with Crippen molar-refractivity contribution in [2.75, 3.05) is 36.0 Å². The lowest BCUT2D eigenvalue weighted by molar-refractivity contribution is 0.0676. The molecule has 1 amide bonds. The fourth-order valence-corrected chi connectivity index (χ4v) is 5.49. The van der Waals surface area contributed by atoms with E-state index in [9.17, 15) is 13.2 Å². The molecular weight excluding hydrogens is 340 g/mol. The number of nitrogens with zero attached hydrogens (tertiary/aromatic N) is 4. The quantitative estimate of drug-likeness (QED) is 0.800. The SMILES string of the molecule is CCN(c1ccc(C(=O)N2CCCC(C)C2)nn1)C1CCS(=O)(=O)C1. The van der Waals surface area contributed by atoms with Gasteiger partial charge in [0.05, 0.1) is 11.5 Å². The molecule has 0 bridgehead atoms. The van der Waals surface area contributed by atoms with Crippen LogP contribution in [0, 0.1) is 5.92 Å². The molecule has 0 radical (unpaired) electrons. The largest absolute Gasteiger partial charge is 0.351 e. The smallest absolute Gasteiger partial charge is 0.274 e. The van der Waals surface area contributed by atoms with Crippen molar-refractivity contribution in [3.63, 3.8) is 0 Å². The molecule has 3 heterocycles. The van der Waals surface area contributed by atoms with Crippen molar-refractivity contribution in [2.24, 2.45) is 5.92 Å². The standard InChI is InChI=1S/C17H26N4O3S/c1-3-21(14-8-10-25(23,24)12-14)16-7-6-15(18-19-16)17(22)20-9-4-5-13(2)11-20/h6-7,13-14H,3-5,8-12H2,1-2H3. The van der Waals surface area contributed by atoms with E-state index in [1.807, 2.05) is 16.7 Å². The van der Waals surface area contributed by atoms with E-state index in [1.165, 1.54) is 0 Å². The highest BCUT2D eigenvalue weighted by Gasteiger charge is 2.32. The molecule has 2 saturated heterocycles. The molecule has 0 aromatic carbocycles. The summed E-state index contributed by atoms with van der Waals surface area (Å²) < 4.78 is 23.4. The summed E-state index contributed by atoms with van der Waals surface area (Å²) in [6, 6.07) is 3.42. The number of amides is 1. The maximum Gasteiger partial charge on any atom is 0.274 e. The Morgan fingerprint density at radius 3 is 2.68 bits per heavy atom. The van der Waals surface area contributed by atoms with E-state index < -0.39 is 9.84 Å². The topological polar surface area (TPSA) is 83.5 Å². The Bertz CT molecular complexity index is 720. The molecule has 1 aromatic heterocycles. The molecule has 2 aliphatic rings. The van der Waals surface area contributed by atoms with Gasteiger partial charge in [0.2, 0.25) is 0 Å². The Morgan fingerprint density at radius 2 is 2.12 bits per heavy atom. The Hall–Kier alpha value is -1.70. The summed E-state index contributed by atoms with van der Waals surface area (Å²) in [6.45, 7) is 6.33. The van der Waals surface area contributed by atoms with Gasteiger partial charge in [-0.2, -0.15) is 0 Å². The third-order valence-corrected chi connectivity index (χ3v) is 6.85. The number of sulfone groups is 1. The van der Waals surface area contributed by atoms with Crippen molar-refractivity contribution in [3.05, 3.63) is 17.8 Å². The van der Waals surface area contributed by atoms with Crippen LogP contribution in [0.2, 0.25) is 0 Å². The van der Waals surface area contributed by atoms with Crippen molar-refractivity contribution >= 4 is 21.6 Å². The summed E-state index contributed by atoms with van der Waals surface area (Å²) in [7, 11) is -2.95. The molecule has 2 fully saturated rings. The van der Waals surface area contributed by atoms with Gasteiger partial charge in [-0.25, -0.2) is 8.42 Å². The van der Waals surface area contributed by atoms with Crippen LogP contribution in [0.3, 0.4) is 0 Å². The first-order chi connectivity index (χ1) is 11.9. The van der Waals surface area contributed by atoms with E-state index in [2.05, 4.69) is 17.1 Å². The first-order valence-electron chi connectivity index (χ1n) is 8.99. The predicted octanol–water partition coefficient (Wildman–Crippen LogP) is 1.36. The van der Waals surface area contributed by atoms with Gasteiger partial charge >= 0.3 is 0 Å². The van der Waals surface area contributed by atoms with Gasteiger partial charge in [-0.1, -0.05) is 6.92 Å². The summed E-state index contributed by atoms with van der Waals surface area (Å²) in [4.78, 5) is 16.4. The average molecular weight is 366 g/mol. The number of hydrogen-bond donors (Lipinski definition) is 0. The van der Waals surface area contributed by atoms with Gasteiger partial charge in [-0.15, -0.1) is 10.2 Å². The van der Waals surface area contributed by atoms with Gasteiger partial charge in [0.1, 0.15) is 0 Å². The molecule has 7 nitrogen and oxygen atoms in total. The van der Waals surface area contributed by atoms with Crippen LogP contribution in [0.25, 0.3) is 0 Å². The Labute approximate surface area is 149 Å². The number of carbonyl (C=O) groups is 1. The molecule has 3 rings (SSSR count). The van der Waals surface area contributed by atoms with Crippen LogP contribution in [-0.4, -0.2) is 66.6 Å². The maximum atomic E-state index is 12.6. The summed E-state index contributed by atoms with van der Waals surface area (Å²) in [5.41, 5.74) is 0.355. The predicted molar refractivity (Wildman–Crippen MR) is 96.4 cm³/mol. The minimum atomic E-state index is -2.95. The third kappa shape index (κ3) is 4.11. The molecule has 2 aliphatic heterocycles. The summed E-state index contributed by atoms with van der Waals surface area (Å²) in [5.74, 6) is 1.47. The Kier molecular flexibility index (Phi) is 5.27. The number of likely N-dealkylation sites (tertiary alicyclic amines) is 1. The summed E-state index contributed by atoms with van der Waals surface area (Å²) >= 11 is 0. The molecule has 2 atom stereocenters. The van der Waals surface area contributed by atoms with E-state index in [0.717, 1.165) is 25.9 Å². The molecule has 0 N–H and O–H groups in total. The van der Waals surface area contributed by atoms with E-state index in [-0.39, 0.29) is 23.5 Å². The van der Waals surface area contributed by atoms with Crippen molar-refractivity contribution in [1.29, 1.82) is 0 Å². The minimum absolute atomic E-state index is 0.0613. The zero-order chi connectivity index (χ0) is 18.0. The molecule has 0 saturated carbocycles. The Balaban J connectivity index is 1.71. The first-order valence-corrected chi connectivity index (χ1v) is 10.8. The van der Waals surface area contributed by atoms with Crippen LogP contribution in [0.1, 0.15) is 43.6 Å². The molecule has 1 aromatic rings. The van der Waals surface area contributed by atoms with Gasteiger partial charge in [-0.3, -0.25) is 4.79 Å². The monoisotopic (exact) mass is 366 g/mol. The molecule has 0 spiro atoms. The van der Waals surface area contributed by atoms with Crippen molar-refractivity contribution < 1.29 is 13.2 Å². The van der Waals surface area contributed by atoms with Gasteiger partial charge in [0.15, 0.2) is 21.3 Å². The number of rotatable bonds is 4. The van der Waals surface area contributed by atoms with Crippen molar-refractivity contribution in [2.45, 2.75) is 39.2 Å².